The Morgan fingerprint density at radius 3 is 2.25 bits per heavy atom. The molecule has 12 heavy (non-hydrogen) atoms. The molecule has 0 amide bonds. The molecule has 0 aliphatic heterocycles. The molecular weight excluding hydrogens is 156 g/mol. The van der Waals surface area contributed by atoms with Gasteiger partial charge in [0.2, 0.25) is 0 Å². The van der Waals surface area contributed by atoms with Gasteiger partial charge in [0.25, 0.3) is 0 Å². The summed E-state index contributed by atoms with van der Waals surface area (Å²) in [5, 5.41) is 8.27. The summed E-state index contributed by atoms with van der Waals surface area (Å²) in [5.41, 5.74) is 0.389. The molecule has 0 bridgehead atoms. The molecule has 1 radical (unpaired) electrons. The van der Waals surface area contributed by atoms with Crippen molar-refractivity contribution in [2.45, 2.75) is 0 Å². The molecule has 0 aliphatic rings. The Bertz CT molecular complexity index is 290. The molecule has 1 rings (SSSR count). The van der Waals surface area contributed by atoms with Gasteiger partial charge in [-0.25, -0.2) is 0 Å². The molecule has 0 aliphatic carbocycles. The SMILES string of the molecule is O=C(O)[CH]C(=O)c1ccccc1. The van der Waals surface area contributed by atoms with E-state index >= 15 is 0 Å². The number of Topliss-reactive ketones (excluding diaryl/α,β-unsaturated/α-hetero) is 1. The summed E-state index contributed by atoms with van der Waals surface area (Å²) in [6.07, 6.45) is 0.648. The van der Waals surface area contributed by atoms with E-state index in [2.05, 4.69) is 0 Å². The first-order valence-corrected chi connectivity index (χ1v) is 3.37. The average Bonchev–Trinajstić information content (AvgIpc) is 2.05. The maximum Gasteiger partial charge on any atom is 0.315 e. The summed E-state index contributed by atoms with van der Waals surface area (Å²) in [7, 11) is 0. The zero-order valence-electron chi connectivity index (χ0n) is 6.23. The van der Waals surface area contributed by atoms with Crippen LogP contribution in [0, 0.1) is 6.42 Å². The molecule has 0 heterocycles. The third kappa shape index (κ3) is 2.20. The van der Waals surface area contributed by atoms with Crippen molar-refractivity contribution in [2.24, 2.45) is 0 Å². The number of hydrogen-bond donors (Lipinski definition) is 1. The Labute approximate surface area is 69.6 Å². The van der Waals surface area contributed by atoms with Crippen LogP contribution >= 0.6 is 0 Å². The van der Waals surface area contributed by atoms with Crippen LogP contribution in [0.4, 0.5) is 0 Å². The second-order valence-corrected chi connectivity index (χ2v) is 2.21. The number of benzene rings is 1. The molecule has 0 aromatic heterocycles. The lowest BCUT2D eigenvalue weighted by Gasteiger charge is -1.94. The summed E-state index contributed by atoms with van der Waals surface area (Å²) < 4.78 is 0. The highest BCUT2D eigenvalue weighted by molar-refractivity contribution is 6.14. The zero-order chi connectivity index (χ0) is 8.97. The van der Waals surface area contributed by atoms with Crippen molar-refractivity contribution in [1.82, 2.24) is 0 Å². The fourth-order valence-corrected chi connectivity index (χ4v) is 0.798. The normalized spacial score (nSPS) is 9.33. The maximum absolute atomic E-state index is 11.0. The van der Waals surface area contributed by atoms with Crippen molar-refractivity contribution in [3.05, 3.63) is 42.3 Å². The Morgan fingerprint density at radius 1 is 1.17 bits per heavy atom. The molecule has 1 aromatic carbocycles. The van der Waals surface area contributed by atoms with Gasteiger partial charge in [-0.05, 0) is 0 Å². The number of hydrogen-bond acceptors (Lipinski definition) is 2. The van der Waals surface area contributed by atoms with E-state index in [0.717, 1.165) is 0 Å². The molecule has 0 saturated heterocycles. The smallest absolute Gasteiger partial charge is 0.315 e. The highest BCUT2D eigenvalue weighted by Crippen LogP contribution is 2.01. The first-order valence-electron chi connectivity index (χ1n) is 3.37. The number of carboxylic acid groups (broad SMARTS) is 1. The molecule has 0 fully saturated rings. The summed E-state index contributed by atoms with van der Waals surface area (Å²) in [4.78, 5) is 21.1. The van der Waals surface area contributed by atoms with Crippen LogP contribution in [0.1, 0.15) is 10.4 Å². The average molecular weight is 163 g/mol. The van der Waals surface area contributed by atoms with Crippen LogP contribution in [0.15, 0.2) is 30.3 Å². The summed E-state index contributed by atoms with van der Waals surface area (Å²) >= 11 is 0. The van der Waals surface area contributed by atoms with Gasteiger partial charge in [0.05, 0.1) is 0 Å². The molecule has 3 heteroatoms. The number of aliphatic carboxylic acids is 1. The summed E-state index contributed by atoms with van der Waals surface area (Å²) in [6, 6.07) is 8.27. The van der Waals surface area contributed by atoms with Crippen LogP contribution in [0.3, 0.4) is 0 Å². The van der Waals surface area contributed by atoms with Gasteiger partial charge >= 0.3 is 5.97 Å². The van der Waals surface area contributed by atoms with E-state index in [-0.39, 0.29) is 0 Å². The van der Waals surface area contributed by atoms with Gasteiger partial charge in [-0.15, -0.1) is 0 Å². The fraction of sp³-hybridized carbons (Fsp3) is 0. The predicted octanol–water partition coefficient (Wildman–Crippen LogP) is 1.16. The highest BCUT2D eigenvalue weighted by Gasteiger charge is 2.09. The third-order valence-corrected chi connectivity index (χ3v) is 1.31. The molecule has 0 unspecified atom stereocenters. The van der Waals surface area contributed by atoms with E-state index in [1.165, 1.54) is 0 Å². The molecule has 1 N–H and O–H groups in total. The zero-order valence-corrected chi connectivity index (χ0v) is 6.23. The number of carbonyl (C=O) groups is 2. The van der Waals surface area contributed by atoms with Crippen LogP contribution in [0.5, 0.6) is 0 Å². The fourth-order valence-electron chi connectivity index (χ4n) is 0.798. The Balaban J connectivity index is 2.73. The predicted molar refractivity (Wildman–Crippen MR) is 42.7 cm³/mol. The summed E-state index contributed by atoms with van der Waals surface area (Å²) in [5.74, 6) is -1.70. The molecular formula is C9H7O3. The van der Waals surface area contributed by atoms with E-state index < -0.39 is 11.8 Å². The van der Waals surface area contributed by atoms with Crippen molar-refractivity contribution in [3.8, 4) is 0 Å². The van der Waals surface area contributed by atoms with Crippen molar-refractivity contribution in [2.75, 3.05) is 0 Å². The van der Waals surface area contributed by atoms with Crippen LogP contribution in [-0.4, -0.2) is 16.9 Å². The van der Waals surface area contributed by atoms with E-state index in [4.69, 9.17) is 5.11 Å². The van der Waals surface area contributed by atoms with Gasteiger partial charge in [-0.3, -0.25) is 9.59 Å². The van der Waals surface area contributed by atoms with Gasteiger partial charge in [-0.2, -0.15) is 0 Å². The number of carboxylic acids is 1. The van der Waals surface area contributed by atoms with Crippen LogP contribution in [0.2, 0.25) is 0 Å². The van der Waals surface area contributed by atoms with Gasteiger partial charge < -0.3 is 5.11 Å². The summed E-state index contributed by atoms with van der Waals surface area (Å²) in [6.45, 7) is 0. The van der Waals surface area contributed by atoms with Gasteiger partial charge in [0, 0.05) is 5.56 Å². The lowest BCUT2D eigenvalue weighted by Crippen LogP contribution is -2.07. The molecule has 61 valence electrons. The van der Waals surface area contributed by atoms with Gasteiger partial charge in [0.1, 0.15) is 6.42 Å². The highest BCUT2D eigenvalue weighted by atomic mass is 16.4. The maximum atomic E-state index is 11.0. The van der Waals surface area contributed by atoms with E-state index in [1.54, 1.807) is 30.3 Å². The Morgan fingerprint density at radius 2 is 1.75 bits per heavy atom. The van der Waals surface area contributed by atoms with E-state index in [9.17, 15) is 9.59 Å². The molecule has 0 spiro atoms. The van der Waals surface area contributed by atoms with Gasteiger partial charge in [0.15, 0.2) is 5.78 Å². The van der Waals surface area contributed by atoms with Gasteiger partial charge in [-0.1, -0.05) is 30.3 Å². The first-order chi connectivity index (χ1) is 5.70. The van der Waals surface area contributed by atoms with Crippen molar-refractivity contribution >= 4 is 11.8 Å². The van der Waals surface area contributed by atoms with Crippen LogP contribution in [0.25, 0.3) is 0 Å². The Hall–Kier alpha value is -1.64. The second-order valence-electron chi connectivity index (χ2n) is 2.21. The molecule has 1 aromatic rings. The third-order valence-electron chi connectivity index (χ3n) is 1.31. The van der Waals surface area contributed by atoms with Crippen LogP contribution < -0.4 is 0 Å². The lowest BCUT2D eigenvalue weighted by molar-refractivity contribution is -0.132. The standard InChI is InChI=1S/C9H7O3/c10-8(6-9(11)12)7-4-2-1-3-5-7/h1-6H,(H,11,12). The lowest BCUT2D eigenvalue weighted by atomic mass is 10.1. The van der Waals surface area contributed by atoms with Crippen molar-refractivity contribution in [1.29, 1.82) is 0 Å². The second kappa shape index (κ2) is 3.67. The number of carbonyl (C=O) groups excluding carboxylic acids is 1. The largest absolute Gasteiger partial charge is 0.481 e. The topological polar surface area (TPSA) is 54.4 Å². The molecule has 3 nitrogen and oxygen atoms in total. The monoisotopic (exact) mass is 163 g/mol. The van der Waals surface area contributed by atoms with E-state index in [0.29, 0.717) is 12.0 Å². The van der Waals surface area contributed by atoms with Crippen molar-refractivity contribution in [3.63, 3.8) is 0 Å². The van der Waals surface area contributed by atoms with Crippen molar-refractivity contribution < 1.29 is 14.7 Å². The first kappa shape index (κ1) is 8.46. The minimum Gasteiger partial charge on any atom is -0.481 e. The molecule has 0 saturated carbocycles. The van der Waals surface area contributed by atoms with E-state index in [1.807, 2.05) is 0 Å². The minimum absolute atomic E-state index is 0.389. The number of ketones is 1. The quantitative estimate of drug-likeness (QED) is 0.537. The minimum atomic E-state index is -1.22. The number of rotatable bonds is 3. The Kier molecular flexibility index (Phi) is 2.58. The molecule has 0 atom stereocenters. The van der Waals surface area contributed by atoms with Crippen LogP contribution in [-0.2, 0) is 4.79 Å².